The number of likely N-dealkylation sites (tertiary alicyclic amines) is 1. The van der Waals surface area contributed by atoms with E-state index in [4.69, 9.17) is 5.73 Å². The highest BCUT2D eigenvalue weighted by Crippen LogP contribution is 2.33. The van der Waals surface area contributed by atoms with Gasteiger partial charge in [0.1, 0.15) is 18.5 Å². The molecule has 1 fully saturated rings. The first kappa shape index (κ1) is 20.6. The molecule has 160 valence electrons. The zero-order chi connectivity index (χ0) is 21.3. The number of anilines is 2. The van der Waals surface area contributed by atoms with E-state index < -0.39 is 7.14 Å². The lowest BCUT2D eigenvalue weighted by Crippen LogP contribution is -2.26. The third-order valence-electron chi connectivity index (χ3n) is 5.22. The summed E-state index contributed by atoms with van der Waals surface area (Å²) in [5, 5.41) is 3.33. The summed E-state index contributed by atoms with van der Waals surface area (Å²) in [6, 6.07) is 3.83. The van der Waals surface area contributed by atoms with Gasteiger partial charge in [-0.3, -0.25) is 4.57 Å². The molecule has 0 atom stereocenters. The van der Waals surface area contributed by atoms with Gasteiger partial charge in [-0.25, -0.2) is 19.7 Å². The molecule has 0 saturated carbocycles. The van der Waals surface area contributed by atoms with Crippen LogP contribution in [0, 0.1) is 0 Å². The van der Waals surface area contributed by atoms with Gasteiger partial charge in [-0.1, -0.05) is 6.07 Å². The van der Waals surface area contributed by atoms with Gasteiger partial charge in [0.25, 0.3) is 0 Å². The molecule has 0 spiro atoms. The molecule has 4 rings (SSSR count). The fourth-order valence-corrected chi connectivity index (χ4v) is 4.26. The molecular formula is C19H27N8O2P. The second kappa shape index (κ2) is 8.20. The average molecular weight is 430 g/mol. The Morgan fingerprint density at radius 2 is 2.00 bits per heavy atom. The van der Waals surface area contributed by atoms with Gasteiger partial charge in [-0.15, -0.1) is 0 Å². The SMILES string of the molecule is CP(C)(=O)c1nc(N)c2[nH]c(=O)n(Cc3ccc(NCCN4CCCC4)nc3)c2n1. The first-order valence-electron chi connectivity index (χ1n) is 10.0. The van der Waals surface area contributed by atoms with Gasteiger partial charge in [0.05, 0.1) is 6.54 Å². The lowest BCUT2D eigenvalue weighted by molar-refractivity contribution is 0.352. The number of rotatable bonds is 7. The molecule has 0 amide bonds. The zero-order valence-electron chi connectivity index (χ0n) is 17.3. The number of hydrogen-bond acceptors (Lipinski definition) is 8. The first-order valence-corrected chi connectivity index (χ1v) is 12.6. The highest BCUT2D eigenvalue weighted by atomic mass is 31.2. The van der Waals surface area contributed by atoms with Crippen molar-refractivity contribution >= 4 is 35.5 Å². The van der Waals surface area contributed by atoms with E-state index in [-0.39, 0.29) is 23.6 Å². The predicted molar refractivity (Wildman–Crippen MR) is 119 cm³/mol. The summed E-state index contributed by atoms with van der Waals surface area (Å²) in [6.45, 7) is 7.62. The van der Waals surface area contributed by atoms with Crippen LogP contribution >= 0.6 is 7.14 Å². The van der Waals surface area contributed by atoms with Crippen LogP contribution in [0.5, 0.6) is 0 Å². The van der Waals surface area contributed by atoms with Crippen LogP contribution in [0.4, 0.5) is 11.6 Å². The van der Waals surface area contributed by atoms with E-state index in [1.54, 1.807) is 19.5 Å². The van der Waals surface area contributed by atoms with E-state index in [0.717, 1.165) is 24.5 Å². The Hall–Kier alpha value is -2.71. The minimum Gasteiger partial charge on any atom is -0.382 e. The number of nitrogens with one attached hydrogen (secondary N) is 2. The Bertz CT molecular complexity index is 1140. The van der Waals surface area contributed by atoms with Crippen molar-refractivity contribution in [3.63, 3.8) is 0 Å². The number of H-pyrrole nitrogens is 1. The monoisotopic (exact) mass is 430 g/mol. The maximum Gasteiger partial charge on any atom is 0.328 e. The molecule has 0 bridgehead atoms. The van der Waals surface area contributed by atoms with Gasteiger partial charge in [-0.2, -0.15) is 0 Å². The van der Waals surface area contributed by atoms with Gasteiger partial charge < -0.3 is 25.5 Å². The molecule has 4 N–H and O–H groups in total. The van der Waals surface area contributed by atoms with E-state index in [9.17, 15) is 9.36 Å². The van der Waals surface area contributed by atoms with Crippen molar-refractivity contribution in [3.05, 3.63) is 34.4 Å². The molecular weight excluding hydrogens is 403 g/mol. The van der Waals surface area contributed by atoms with Crippen molar-refractivity contribution in [3.8, 4) is 0 Å². The van der Waals surface area contributed by atoms with Crippen molar-refractivity contribution in [2.75, 3.05) is 50.6 Å². The van der Waals surface area contributed by atoms with E-state index in [1.807, 2.05) is 12.1 Å². The van der Waals surface area contributed by atoms with Gasteiger partial charge in [0.15, 0.2) is 17.0 Å². The molecule has 3 aromatic rings. The molecule has 1 saturated heterocycles. The third-order valence-corrected chi connectivity index (χ3v) is 6.38. The number of aromatic nitrogens is 5. The van der Waals surface area contributed by atoms with Gasteiger partial charge in [0, 0.05) is 19.3 Å². The number of pyridine rings is 1. The fraction of sp³-hybridized carbons (Fsp3) is 0.474. The number of nitrogens with two attached hydrogens (primary N) is 1. The second-order valence-corrected chi connectivity index (χ2v) is 11.1. The van der Waals surface area contributed by atoms with Gasteiger partial charge in [-0.05, 0) is 50.9 Å². The average Bonchev–Trinajstić information content (AvgIpc) is 3.31. The number of fused-ring (bicyclic) bond motifs is 1. The smallest absolute Gasteiger partial charge is 0.328 e. The quantitative estimate of drug-likeness (QED) is 0.471. The Morgan fingerprint density at radius 1 is 1.23 bits per heavy atom. The minimum atomic E-state index is -2.72. The second-order valence-electron chi connectivity index (χ2n) is 8.00. The van der Waals surface area contributed by atoms with Crippen molar-refractivity contribution in [1.82, 2.24) is 29.4 Å². The first-order chi connectivity index (χ1) is 14.3. The van der Waals surface area contributed by atoms with Crippen molar-refractivity contribution in [2.45, 2.75) is 19.4 Å². The minimum absolute atomic E-state index is 0.116. The summed E-state index contributed by atoms with van der Waals surface area (Å²) in [6.07, 6.45) is 4.30. The van der Waals surface area contributed by atoms with Crippen LogP contribution in [-0.4, -0.2) is 68.9 Å². The summed E-state index contributed by atoms with van der Waals surface area (Å²) in [7, 11) is -2.72. The van der Waals surface area contributed by atoms with Crippen LogP contribution in [0.3, 0.4) is 0 Å². The van der Waals surface area contributed by atoms with Crippen molar-refractivity contribution in [2.24, 2.45) is 0 Å². The maximum atomic E-state index is 12.5. The predicted octanol–water partition coefficient (Wildman–Crippen LogP) is 0.901. The largest absolute Gasteiger partial charge is 0.382 e. The molecule has 0 unspecified atom stereocenters. The van der Waals surface area contributed by atoms with Crippen LogP contribution in [-0.2, 0) is 11.1 Å². The number of aromatic amines is 1. The summed E-state index contributed by atoms with van der Waals surface area (Å²) in [4.78, 5) is 30.5. The Labute approximate surface area is 174 Å². The molecule has 1 aliphatic heterocycles. The van der Waals surface area contributed by atoms with Crippen LogP contribution in [0.1, 0.15) is 18.4 Å². The number of nitrogen functional groups attached to an aromatic ring is 1. The summed E-state index contributed by atoms with van der Waals surface area (Å²) < 4.78 is 13.9. The van der Waals surface area contributed by atoms with Gasteiger partial charge >= 0.3 is 5.69 Å². The molecule has 30 heavy (non-hydrogen) atoms. The standard InChI is InChI=1S/C19H27N8O2P/c1-30(2,29)18-24-16(20)15-17(25-18)27(19(28)23-15)12-13-5-6-14(22-11-13)21-7-10-26-8-3-4-9-26/h5-6,11H,3-4,7-10,12H2,1-2H3,(H,21,22)(H,23,28)(H2,20,24,25). The van der Waals surface area contributed by atoms with Crippen molar-refractivity contribution < 1.29 is 4.57 Å². The normalized spacial score (nSPS) is 15.1. The van der Waals surface area contributed by atoms with Gasteiger partial charge in [0.2, 0.25) is 0 Å². The molecule has 4 heterocycles. The third kappa shape index (κ3) is 4.39. The maximum absolute atomic E-state index is 12.5. The summed E-state index contributed by atoms with van der Waals surface area (Å²) in [5.41, 5.74) is 7.32. The topological polar surface area (TPSA) is 135 Å². The number of nitrogens with zero attached hydrogens (tertiary/aromatic N) is 5. The van der Waals surface area contributed by atoms with E-state index >= 15 is 0 Å². The molecule has 3 aromatic heterocycles. The van der Waals surface area contributed by atoms with Crippen LogP contribution < -0.4 is 22.3 Å². The molecule has 0 aliphatic carbocycles. The van der Waals surface area contributed by atoms with Crippen LogP contribution in [0.25, 0.3) is 11.2 Å². The van der Waals surface area contributed by atoms with E-state index in [2.05, 4.69) is 30.2 Å². The molecule has 11 heteroatoms. The summed E-state index contributed by atoms with van der Waals surface area (Å²) in [5.74, 6) is 0.918. The molecule has 0 aromatic carbocycles. The highest BCUT2D eigenvalue weighted by Gasteiger charge is 2.20. The lowest BCUT2D eigenvalue weighted by Gasteiger charge is -2.15. The Kier molecular flexibility index (Phi) is 5.62. The number of imidazole rings is 1. The Morgan fingerprint density at radius 3 is 2.67 bits per heavy atom. The van der Waals surface area contributed by atoms with Crippen LogP contribution in [0.15, 0.2) is 23.1 Å². The molecule has 0 radical (unpaired) electrons. The number of hydrogen-bond donors (Lipinski definition) is 3. The van der Waals surface area contributed by atoms with E-state index in [1.165, 1.54) is 30.5 Å². The highest BCUT2D eigenvalue weighted by molar-refractivity contribution is 7.69. The Balaban J connectivity index is 1.51. The zero-order valence-corrected chi connectivity index (χ0v) is 18.2. The van der Waals surface area contributed by atoms with Crippen LogP contribution in [0.2, 0.25) is 0 Å². The summed E-state index contributed by atoms with van der Waals surface area (Å²) >= 11 is 0. The van der Waals surface area contributed by atoms with E-state index in [0.29, 0.717) is 11.2 Å². The fourth-order valence-electron chi connectivity index (χ4n) is 3.58. The lowest BCUT2D eigenvalue weighted by atomic mass is 10.3. The molecule has 1 aliphatic rings. The van der Waals surface area contributed by atoms with Crippen molar-refractivity contribution in [1.29, 1.82) is 0 Å². The molecule has 10 nitrogen and oxygen atoms in total.